The van der Waals surface area contributed by atoms with E-state index in [1.807, 2.05) is 0 Å². The number of anilines is 1. The van der Waals surface area contributed by atoms with Gasteiger partial charge in [0, 0.05) is 18.8 Å². The number of hydrogen-bond donors (Lipinski definition) is 1. The maximum atomic E-state index is 10.8. The Morgan fingerprint density at radius 1 is 1.13 bits per heavy atom. The fraction of sp³-hybridized carbons (Fsp3) is 0.316. The minimum Gasteiger partial charge on any atom is -0.494 e. The lowest BCUT2D eigenvalue weighted by Crippen LogP contribution is -2.31. The number of para-hydroxylation sites is 1. The quantitative estimate of drug-likeness (QED) is 0.828. The molecular formula is C19H21NO3. The molecule has 1 N–H and O–H groups in total. The largest absolute Gasteiger partial charge is 0.494 e. The third-order valence-corrected chi connectivity index (χ3v) is 4.15. The van der Waals surface area contributed by atoms with Gasteiger partial charge in [0.2, 0.25) is 0 Å². The first-order valence-electron chi connectivity index (χ1n) is 8.03. The van der Waals surface area contributed by atoms with Crippen LogP contribution in [0, 0.1) is 0 Å². The number of ether oxygens (including phenoxy) is 1. The first kappa shape index (κ1) is 15.4. The van der Waals surface area contributed by atoms with Crippen LogP contribution in [0.3, 0.4) is 0 Å². The van der Waals surface area contributed by atoms with E-state index < -0.39 is 5.97 Å². The summed E-state index contributed by atoms with van der Waals surface area (Å²) in [6.45, 7) is 2.71. The van der Waals surface area contributed by atoms with Crippen molar-refractivity contribution in [2.24, 2.45) is 0 Å². The van der Waals surface area contributed by atoms with E-state index in [1.54, 1.807) is 24.3 Å². The molecule has 0 saturated carbocycles. The van der Waals surface area contributed by atoms with Gasteiger partial charge in [-0.15, -0.1) is 0 Å². The highest BCUT2D eigenvalue weighted by Gasteiger charge is 2.15. The third kappa shape index (κ3) is 3.83. The summed E-state index contributed by atoms with van der Waals surface area (Å²) in [5.41, 5.74) is 3.07. The van der Waals surface area contributed by atoms with Crippen LogP contribution in [-0.2, 0) is 6.42 Å². The summed E-state index contributed by atoms with van der Waals surface area (Å²) in [4.78, 5) is 13.2. The molecule has 120 valence electrons. The van der Waals surface area contributed by atoms with Crippen LogP contribution in [0.1, 0.15) is 28.8 Å². The smallest absolute Gasteiger partial charge is 0.335 e. The number of carboxylic acids is 1. The Labute approximate surface area is 136 Å². The highest BCUT2D eigenvalue weighted by Crippen LogP contribution is 2.26. The molecule has 0 atom stereocenters. The monoisotopic (exact) mass is 311 g/mol. The number of nitrogens with zero attached hydrogens (tertiary/aromatic N) is 1. The second-order valence-corrected chi connectivity index (χ2v) is 5.75. The van der Waals surface area contributed by atoms with Gasteiger partial charge in [0.25, 0.3) is 0 Å². The topological polar surface area (TPSA) is 49.8 Å². The van der Waals surface area contributed by atoms with Crippen molar-refractivity contribution < 1.29 is 14.6 Å². The number of aryl methyl sites for hydroxylation is 1. The summed E-state index contributed by atoms with van der Waals surface area (Å²) in [5, 5.41) is 8.87. The summed E-state index contributed by atoms with van der Waals surface area (Å²) in [6.07, 6.45) is 3.31. The van der Waals surface area contributed by atoms with E-state index in [-0.39, 0.29) is 5.56 Å². The van der Waals surface area contributed by atoms with Crippen LogP contribution in [0.25, 0.3) is 0 Å². The number of fused-ring (bicyclic) bond motifs is 1. The SMILES string of the molecule is O=C(O)c1ccc(OCCCN2CCCc3ccccc32)cc1. The van der Waals surface area contributed by atoms with Crippen molar-refractivity contribution in [3.05, 3.63) is 59.7 Å². The number of carboxylic acid groups (broad SMARTS) is 1. The first-order chi connectivity index (χ1) is 11.2. The minimum atomic E-state index is -0.916. The maximum absolute atomic E-state index is 10.8. The van der Waals surface area contributed by atoms with Gasteiger partial charge in [0.15, 0.2) is 0 Å². The van der Waals surface area contributed by atoms with Gasteiger partial charge in [-0.05, 0) is 55.2 Å². The zero-order valence-electron chi connectivity index (χ0n) is 13.1. The molecule has 2 aromatic rings. The van der Waals surface area contributed by atoms with E-state index in [4.69, 9.17) is 9.84 Å². The molecule has 0 bridgehead atoms. The molecule has 0 unspecified atom stereocenters. The Hall–Kier alpha value is -2.49. The second kappa shape index (κ2) is 7.18. The van der Waals surface area contributed by atoms with Crippen LogP contribution < -0.4 is 9.64 Å². The Morgan fingerprint density at radius 3 is 2.70 bits per heavy atom. The summed E-state index contributed by atoms with van der Waals surface area (Å²) in [7, 11) is 0. The van der Waals surface area contributed by atoms with E-state index in [9.17, 15) is 4.79 Å². The summed E-state index contributed by atoms with van der Waals surface area (Å²) >= 11 is 0. The van der Waals surface area contributed by atoms with Crippen molar-refractivity contribution in [2.75, 3.05) is 24.6 Å². The van der Waals surface area contributed by atoms with Crippen molar-refractivity contribution >= 4 is 11.7 Å². The minimum absolute atomic E-state index is 0.280. The third-order valence-electron chi connectivity index (χ3n) is 4.15. The molecule has 0 radical (unpaired) electrons. The van der Waals surface area contributed by atoms with Gasteiger partial charge in [0.05, 0.1) is 12.2 Å². The highest BCUT2D eigenvalue weighted by molar-refractivity contribution is 5.87. The average molecular weight is 311 g/mol. The van der Waals surface area contributed by atoms with Crippen LogP contribution in [0.5, 0.6) is 5.75 Å². The number of carbonyl (C=O) groups is 1. The Morgan fingerprint density at radius 2 is 1.91 bits per heavy atom. The number of rotatable bonds is 6. The fourth-order valence-corrected chi connectivity index (χ4v) is 2.98. The van der Waals surface area contributed by atoms with E-state index in [2.05, 4.69) is 29.2 Å². The predicted molar refractivity (Wildman–Crippen MR) is 90.5 cm³/mol. The molecule has 23 heavy (non-hydrogen) atoms. The molecular weight excluding hydrogens is 290 g/mol. The van der Waals surface area contributed by atoms with Gasteiger partial charge in [0.1, 0.15) is 5.75 Å². The van der Waals surface area contributed by atoms with Crippen molar-refractivity contribution in [1.82, 2.24) is 0 Å². The molecule has 4 heteroatoms. The summed E-state index contributed by atoms with van der Waals surface area (Å²) < 4.78 is 5.70. The zero-order valence-corrected chi connectivity index (χ0v) is 13.1. The van der Waals surface area contributed by atoms with Crippen LogP contribution in [-0.4, -0.2) is 30.8 Å². The Kier molecular flexibility index (Phi) is 4.81. The summed E-state index contributed by atoms with van der Waals surface area (Å²) in [6, 6.07) is 15.2. The molecule has 0 spiro atoms. The molecule has 0 aromatic heterocycles. The Balaban J connectivity index is 1.48. The molecule has 0 aliphatic carbocycles. The lowest BCUT2D eigenvalue weighted by atomic mass is 10.0. The lowest BCUT2D eigenvalue weighted by molar-refractivity contribution is 0.0697. The van der Waals surface area contributed by atoms with Crippen LogP contribution in [0.2, 0.25) is 0 Å². The summed E-state index contributed by atoms with van der Waals surface area (Å²) in [5.74, 6) is -0.200. The number of aromatic carboxylic acids is 1. The first-order valence-corrected chi connectivity index (χ1v) is 8.03. The van der Waals surface area contributed by atoms with Gasteiger partial charge >= 0.3 is 5.97 Å². The lowest BCUT2D eigenvalue weighted by Gasteiger charge is -2.31. The van der Waals surface area contributed by atoms with Crippen molar-refractivity contribution in [1.29, 1.82) is 0 Å². The molecule has 1 aliphatic heterocycles. The fourth-order valence-electron chi connectivity index (χ4n) is 2.98. The van der Waals surface area contributed by atoms with Gasteiger partial charge in [-0.1, -0.05) is 18.2 Å². The molecule has 0 saturated heterocycles. The van der Waals surface area contributed by atoms with Gasteiger partial charge < -0.3 is 14.7 Å². The van der Waals surface area contributed by atoms with Crippen molar-refractivity contribution in [3.63, 3.8) is 0 Å². The molecule has 1 heterocycles. The Bertz CT molecular complexity index is 667. The van der Waals surface area contributed by atoms with Crippen molar-refractivity contribution in [2.45, 2.75) is 19.3 Å². The predicted octanol–water partition coefficient (Wildman–Crippen LogP) is 3.61. The second-order valence-electron chi connectivity index (χ2n) is 5.75. The van der Waals surface area contributed by atoms with E-state index in [1.165, 1.54) is 24.1 Å². The maximum Gasteiger partial charge on any atom is 0.335 e. The van der Waals surface area contributed by atoms with Gasteiger partial charge in [-0.3, -0.25) is 0 Å². The van der Waals surface area contributed by atoms with E-state index in [0.29, 0.717) is 12.4 Å². The van der Waals surface area contributed by atoms with Crippen molar-refractivity contribution in [3.8, 4) is 5.75 Å². The highest BCUT2D eigenvalue weighted by atomic mass is 16.5. The standard InChI is InChI=1S/C19H21NO3/c21-19(22)16-8-10-17(11-9-16)23-14-4-13-20-12-3-6-15-5-1-2-7-18(15)20/h1-2,5,7-11H,3-4,6,12-14H2,(H,21,22). The number of benzene rings is 2. The number of hydrogen-bond acceptors (Lipinski definition) is 3. The van der Waals surface area contributed by atoms with E-state index >= 15 is 0 Å². The van der Waals surface area contributed by atoms with Crippen LogP contribution in [0.15, 0.2) is 48.5 Å². The average Bonchev–Trinajstić information content (AvgIpc) is 2.59. The molecule has 3 rings (SSSR count). The zero-order chi connectivity index (χ0) is 16.1. The normalized spacial score (nSPS) is 13.5. The molecule has 1 aliphatic rings. The van der Waals surface area contributed by atoms with E-state index in [0.717, 1.165) is 19.5 Å². The van der Waals surface area contributed by atoms with Crippen LogP contribution >= 0.6 is 0 Å². The molecule has 0 fully saturated rings. The van der Waals surface area contributed by atoms with Gasteiger partial charge in [-0.25, -0.2) is 4.79 Å². The van der Waals surface area contributed by atoms with Crippen LogP contribution in [0.4, 0.5) is 5.69 Å². The molecule has 2 aromatic carbocycles. The molecule has 0 amide bonds. The van der Waals surface area contributed by atoms with Gasteiger partial charge in [-0.2, -0.15) is 0 Å². The molecule has 4 nitrogen and oxygen atoms in total.